The molecule has 1 aromatic rings. The van der Waals surface area contributed by atoms with Crippen molar-refractivity contribution < 1.29 is 23.9 Å². The van der Waals surface area contributed by atoms with Gasteiger partial charge in [0.2, 0.25) is 17.7 Å². The van der Waals surface area contributed by atoms with Crippen LogP contribution in [0.15, 0.2) is 18.2 Å². The Hall–Kier alpha value is -2.57. The molecule has 0 radical (unpaired) electrons. The second-order valence-electron chi connectivity index (χ2n) is 8.65. The van der Waals surface area contributed by atoms with Gasteiger partial charge in [0.1, 0.15) is 6.54 Å². The molecule has 3 fully saturated rings. The summed E-state index contributed by atoms with van der Waals surface area (Å²) >= 11 is 0. The zero-order valence-corrected chi connectivity index (χ0v) is 16.4. The highest BCUT2D eigenvalue weighted by molar-refractivity contribution is 6.08. The normalized spacial score (nSPS) is 27.2. The lowest BCUT2D eigenvalue weighted by Gasteiger charge is -2.31. The number of carbonyl (C=O) groups is 3. The lowest BCUT2D eigenvalue weighted by atomic mass is 9.81. The Morgan fingerprint density at radius 3 is 2.31 bits per heavy atom. The molecule has 2 aliphatic heterocycles. The molecule has 7 heteroatoms. The average Bonchev–Trinajstić information content (AvgIpc) is 3.18. The van der Waals surface area contributed by atoms with Gasteiger partial charge in [-0.3, -0.25) is 19.3 Å². The Balaban J connectivity index is 1.24. The van der Waals surface area contributed by atoms with Crippen LogP contribution in [0.2, 0.25) is 0 Å². The van der Waals surface area contributed by atoms with Crippen LogP contribution in [0.4, 0.5) is 5.69 Å². The molecule has 2 saturated carbocycles. The van der Waals surface area contributed by atoms with Gasteiger partial charge in [-0.1, -0.05) is 19.3 Å². The van der Waals surface area contributed by atoms with Gasteiger partial charge in [0.05, 0.1) is 11.8 Å². The Bertz CT molecular complexity index is 837. The van der Waals surface area contributed by atoms with E-state index in [0.29, 0.717) is 17.2 Å². The van der Waals surface area contributed by atoms with Crippen molar-refractivity contribution in [2.24, 2.45) is 11.8 Å². The molecule has 1 saturated heterocycles. The summed E-state index contributed by atoms with van der Waals surface area (Å²) in [5.41, 5.74) is 0.571. The van der Waals surface area contributed by atoms with Crippen LogP contribution in [0.5, 0.6) is 11.5 Å². The molecule has 29 heavy (non-hydrogen) atoms. The van der Waals surface area contributed by atoms with Crippen molar-refractivity contribution in [2.75, 3.05) is 11.9 Å². The van der Waals surface area contributed by atoms with E-state index < -0.39 is 5.79 Å². The standard InChI is InChI=1S/C22H26N2O5/c25-19(13-24-20(26)15-6-2-3-7-16(15)21(24)27)23-14-8-9-17-18(12-14)29-22(28-17)10-4-1-5-11-22/h8-9,12,15-16H,1-7,10-11,13H2,(H,23,25)/t15-,16-/m1/s1. The summed E-state index contributed by atoms with van der Waals surface area (Å²) < 4.78 is 12.1. The van der Waals surface area contributed by atoms with Crippen molar-refractivity contribution in [3.05, 3.63) is 18.2 Å². The van der Waals surface area contributed by atoms with Crippen LogP contribution in [-0.4, -0.2) is 35.0 Å². The predicted molar refractivity (Wildman–Crippen MR) is 104 cm³/mol. The zero-order chi connectivity index (χ0) is 20.0. The van der Waals surface area contributed by atoms with Crippen molar-refractivity contribution >= 4 is 23.4 Å². The second-order valence-corrected chi connectivity index (χ2v) is 8.65. The number of anilines is 1. The molecular formula is C22H26N2O5. The van der Waals surface area contributed by atoms with E-state index in [-0.39, 0.29) is 36.1 Å². The van der Waals surface area contributed by atoms with Gasteiger partial charge in [-0.2, -0.15) is 0 Å². The van der Waals surface area contributed by atoms with Crippen LogP contribution in [0.25, 0.3) is 0 Å². The number of amides is 3. The quantitative estimate of drug-likeness (QED) is 0.790. The fourth-order valence-corrected chi connectivity index (χ4v) is 5.20. The molecule has 2 heterocycles. The first-order chi connectivity index (χ1) is 14.0. The SMILES string of the molecule is O=C(CN1C(=O)[C@@H]2CCCC[C@H]2C1=O)Nc1ccc2c(c1)OC1(CCCCC1)O2. The van der Waals surface area contributed by atoms with Gasteiger partial charge in [0, 0.05) is 24.6 Å². The second kappa shape index (κ2) is 7.04. The third-order valence-electron chi connectivity index (χ3n) is 6.67. The van der Waals surface area contributed by atoms with E-state index in [2.05, 4.69) is 5.32 Å². The molecule has 0 unspecified atom stereocenters. The van der Waals surface area contributed by atoms with Crippen LogP contribution in [-0.2, 0) is 14.4 Å². The number of hydrogen-bond acceptors (Lipinski definition) is 5. The van der Waals surface area contributed by atoms with Crippen LogP contribution >= 0.6 is 0 Å². The minimum Gasteiger partial charge on any atom is -0.448 e. The number of carbonyl (C=O) groups excluding carboxylic acids is 3. The Morgan fingerprint density at radius 2 is 1.62 bits per heavy atom. The number of fused-ring (bicyclic) bond motifs is 2. The van der Waals surface area contributed by atoms with Gasteiger partial charge >= 0.3 is 0 Å². The molecular weight excluding hydrogens is 372 g/mol. The highest BCUT2D eigenvalue weighted by Gasteiger charge is 2.48. The molecule has 5 rings (SSSR count). The van der Waals surface area contributed by atoms with Gasteiger partial charge in [0.25, 0.3) is 5.79 Å². The topological polar surface area (TPSA) is 84.9 Å². The summed E-state index contributed by atoms with van der Waals surface area (Å²) in [5.74, 6) is -0.477. The van der Waals surface area contributed by atoms with E-state index in [1.54, 1.807) is 18.2 Å². The van der Waals surface area contributed by atoms with Crippen LogP contribution in [0, 0.1) is 11.8 Å². The summed E-state index contributed by atoms with van der Waals surface area (Å²) in [7, 11) is 0. The summed E-state index contributed by atoms with van der Waals surface area (Å²) in [4.78, 5) is 38.8. The van der Waals surface area contributed by atoms with Crippen LogP contribution in [0.3, 0.4) is 0 Å². The van der Waals surface area contributed by atoms with Gasteiger partial charge < -0.3 is 14.8 Å². The van der Waals surface area contributed by atoms with E-state index in [0.717, 1.165) is 56.3 Å². The fraction of sp³-hybridized carbons (Fsp3) is 0.591. The molecule has 1 spiro atoms. The maximum absolute atomic E-state index is 12.6. The Morgan fingerprint density at radius 1 is 0.966 bits per heavy atom. The number of nitrogens with one attached hydrogen (secondary N) is 1. The lowest BCUT2D eigenvalue weighted by molar-refractivity contribution is -0.142. The molecule has 1 N–H and O–H groups in total. The molecule has 2 atom stereocenters. The Kier molecular flexibility index (Phi) is 4.48. The highest BCUT2D eigenvalue weighted by atomic mass is 16.7. The lowest BCUT2D eigenvalue weighted by Crippen LogP contribution is -2.40. The highest BCUT2D eigenvalue weighted by Crippen LogP contribution is 2.46. The summed E-state index contributed by atoms with van der Waals surface area (Å²) in [6, 6.07) is 5.31. The van der Waals surface area contributed by atoms with Crippen molar-refractivity contribution in [2.45, 2.75) is 63.6 Å². The average molecular weight is 398 g/mol. The molecule has 4 aliphatic rings. The monoisotopic (exact) mass is 398 g/mol. The van der Waals surface area contributed by atoms with Gasteiger partial charge in [-0.25, -0.2) is 0 Å². The largest absolute Gasteiger partial charge is 0.448 e. The number of likely N-dealkylation sites (tertiary alicyclic amines) is 1. The first kappa shape index (κ1) is 18.5. The first-order valence-electron chi connectivity index (χ1n) is 10.7. The van der Waals surface area contributed by atoms with Crippen molar-refractivity contribution in [3.63, 3.8) is 0 Å². The molecule has 0 bridgehead atoms. The van der Waals surface area contributed by atoms with Crippen molar-refractivity contribution in [1.29, 1.82) is 0 Å². The summed E-state index contributed by atoms with van der Waals surface area (Å²) in [6.45, 7) is -0.233. The minimum absolute atomic E-state index is 0.195. The van der Waals surface area contributed by atoms with E-state index >= 15 is 0 Å². The maximum Gasteiger partial charge on any atom is 0.251 e. The number of benzene rings is 1. The van der Waals surface area contributed by atoms with E-state index in [1.165, 1.54) is 6.42 Å². The van der Waals surface area contributed by atoms with E-state index in [4.69, 9.17) is 9.47 Å². The van der Waals surface area contributed by atoms with Gasteiger partial charge in [-0.05, 0) is 37.8 Å². The van der Waals surface area contributed by atoms with Gasteiger partial charge in [0.15, 0.2) is 11.5 Å². The zero-order valence-electron chi connectivity index (χ0n) is 16.4. The maximum atomic E-state index is 12.6. The molecule has 154 valence electrons. The number of nitrogens with zero attached hydrogens (tertiary/aromatic N) is 1. The molecule has 1 aromatic carbocycles. The van der Waals surface area contributed by atoms with Crippen molar-refractivity contribution in [1.82, 2.24) is 4.90 Å². The fourth-order valence-electron chi connectivity index (χ4n) is 5.20. The summed E-state index contributed by atoms with van der Waals surface area (Å²) in [5, 5.41) is 2.79. The minimum atomic E-state index is -0.562. The molecule has 3 amide bonds. The molecule has 2 aliphatic carbocycles. The van der Waals surface area contributed by atoms with Gasteiger partial charge in [-0.15, -0.1) is 0 Å². The molecule has 7 nitrogen and oxygen atoms in total. The number of ether oxygens (including phenoxy) is 2. The predicted octanol–water partition coefficient (Wildman–Crippen LogP) is 3.23. The van der Waals surface area contributed by atoms with Crippen LogP contribution < -0.4 is 14.8 Å². The third-order valence-corrected chi connectivity index (χ3v) is 6.67. The number of imide groups is 1. The smallest absolute Gasteiger partial charge is 0.251 e. The third kappa shape index (κ3) is 3.26. The molecule has 0 aromatic heterocycles. The van der Waals surface area contributed by atoms with Crippen molar-refractivity contribution in [3.8, 4) is 11.5 Å². The number of hydrogen-bond donors (Lipinski definition) is 1. The van der Waals surface area contributed by atoms with E-state index in [9.17, 15) is 14.4 Å². The Labute approximate surface area is 169 Å². The first-order valence-corrected chi connectivity index (χ1v) is 10.7. The summed E-state index contributed by atoms with van der Waals surface area (Å²) in [6.07, 6.45) is 8.53. The number of rotatable bonds is 3. The van der Waals surface area contributed by atoms with Crippen LogP contribution in [0.1, 0.15) is 57.8 Å². The van der Waals surface area contributed by atoms with E-state index in [1.807, 2.05) is 0 Å².